The van der Waals surface area contributed by atoms with Gasteiger partial charge in [-0.2, -0.15) is 11.3 Å². The van der Waals surface area contributed by atoms with E-state index in [1.165, 1.54) is 23.3 Å². The highest BCUT2D eigenvalue weighted by Crippen LogP contribution is 2.32. The van der Waals surface area contributed by atoms with Crippen LogP contribution in [-0.4, -0.2) is 0 Å². The highest BCUT2D eigenvalue weighted by atomic mass is 79.9. The molecule has 0 aliphatic heterocycles. The summed E-state index contributed by atoms with van der Waals surface area (Å²) in [7, 11) is 0. The van der Waals surface area contributed by atoms with Gasteiger partial charge in [0.05, 0.1) is 0 Å². The van der Waals surface area contributed by atoms with E-state index in [4.69, 9.17) is 0 Å². The first-order chi connectivity index (χ1) is 8.08. The predicted octanol–water partition coefficient (Wildman–Crippen LogP) is 5.01. The van der Waals surface area contributed by atoms with E-state index in [0.717, 1.165) is 6.07 Å². The standard InChI is InChI=1S/C13H11BrF2S/c1-8-6-17-7-11(8)12(14)4-9-2-3-10(15)5-13(9)16/h2-3,5-7,12H,4H2,1H3. The zero-order chi connectivity index (χ0) is 12.4. The van der Waals surface area contributed by atoms with Crippen LogP contribution in [0.25, 0.3) is 0 Å². The number of rotatable bonds is 3. The Morgan fingerprint density at radius 3 is 2.65 bits per heavy atom. The van der Waals surface area contributed by atoms with E-state index in [2.05, 4.69) is 26.7 Å². The molecular weight excluding hydrogens is 306 g/mol. The van der Waals surface area contributed by atoms with Crippen molar-refractivity contribution in [3.05, 3.63) is 57.3 Å². The van der Waals surface area contributed by atoms with E-state index in [0.29, 0.717) is 12.0 Å². The van der Waals surface area contributed by atoms with Gasteiger partial charge in [-0.1, -0.05) is 22.0 Å². The van der Waals surface area contributed by atoms with Gasteiger partial charge in [-0.15, -0.1) is 0 Å². The lowest BCUT2D eigenvalue weighted by molar-refractivity contribution is 0.571. The molecule has 4 heteroatoms. The van der Waals surface area contributed by atoms with Crippen molar-refractivity contribution in [2.24, 2.45) is 0 Å². The maximum Gasteiger partial charge on any atom is 0.129 e. The second kappa shape index (κ2) is 5.27. The van der Waals surface area contributed by atoms with Gasteiger partial charge in [-0.05, 0) is 46.9 Å². The van der Waals surface area contributed by atoms with Gasteiger partial charge in [-0.3, -0.25) is 0 Å². The van der Waals surface area contributed by atoms with E-state index in [1.807, 2.05) is 6.92 Å². The Morgan fingerprint density at radius 1 is 1.29 bits per heavy atom. The molecule has 0 aliphatic rings. The first-order valence-corrected chi connectivity index (χ1v) is 7.04. The smallest absolute Gasteiger partial charge is 0.129 e. The Bertz CT molecular complexity index is 522. The van der Waals surface area contributed by atoms with Gasteiger partial charge >= 0.3 is 0 Å². The quantitative estimate of drug-likeness (QED) is 0.698. The van der Waals surface area contributed by atoms with E-state index in [-0.39, 0.29) is 4.83 Å². The predicted molar refractivity (Wildman–Crippen MR) is 70.8 cm³/mol. The van der Waals surface area contributed by atoms with Crippen molar-refractivity contribution in [1.82, 2.24) is 0 Å². The fraction of sp³-hybridized carbons (Fsp3) is 0.231. The third-order valence-corrected chi connectivity index (χ3v) is 4.34. The Hall–Kier alpha value is -0.740. The molecule has 1 atom stereocenters. The molecule has 0 bridgehead atoms. The average molecular weight is 317 g/mol. The van der Waals surface area contributed by atoms with Gasteiger partial charge in [-0.25, -0.2) is 8.78 Å². The van der Waals surface area contributed by atoms with E-state index in [9.17, 15) is 8.78 Å². The highest BCUT2D eigenvalue weighted by Gasteiger charge is 2.14. The molecule has 2 rings (SSSR count). The summed E-state index contributed by atoms with van der Waals surface area (Å²) in [5, 5.41) is 4.11. The molecule has 1 unspecified atom stereocenters. The number of alkyl halides is 1. The van der Waals surface area contributed by atoms with Gasteiger partial charge < -0.3 is 0 Å². The largest absolute Gasteiger partial charge is 0.207 e. The van der Waals surface area contributed by atoms with Gasteiger partial charge in [0.1, 0.15) is 11.6 Å². The van der Waals surface area contributed by atoms with Crippen molar-refractivity contribution >= 4 is 27.3 Å². The average Bonchev–Trinajstić information content (AvgIpc) is 2.68. The lowest BCUT2D eigenvalue weighted by Crippen LogP contribution is -1.98. The van der Waals surface area contributed by atoms with Gasteiger partial charge in [0.15, 0.2) is 0 Å². The van der Waals surface area contributed by atoms with E-state index in [1.54, 1.807) is 11.3 Å². The maximum absolute atomic E-state index is 13.5. The minimum atomic E-state index is -0.538. The Kier molecular flexibility index (Phi) is 3.94. The molecule has 0 N–H and O–H groups in total. The van der Waals surface area contributed by atoms with Crippen LogP contribution in [0.4, 0.5) is 8.78 Å². The van der Waals surface area contributed by atoms with Crippen LogP contribution in [0.2, 0.25) is 0 Å². The van der Waals surface area contributed by atoms with Crippen LogP contribution >= 0.6 is 27.3 Å². The summed E-state index contributed by atoms with van der Waals surface area (Å²) >= 11 is 5.18. The second-order valence-electron chi connectivity index (χ2n) is 3.92. The summed E-state index contributed by atoms with van der Waals surface area (Å²) in [4.78, 5) is 0.0636. The molecule has 90 valence electrons. The molecule has 0 aliphatic carbocycles. The third kappa shape index (κ3) is 2.93. The van der Waals surface area contributed by atoms with Crippen LogP contribution < -0.4 is 0 Å². The lowest BCUT2D eigenvalue weighted by Gasteiger charge is -2.10. The molecule has 1 aromatic carbocycles. The summed E-state index contributed by atoms with van der Waals surface area (Å²) in [6, 6.07) is 3.72. The summed E-state index contributed by atoms with van der Waals surface area (Å²) < 4.78 is 26.3. The van der Waals surface area contributed by atoms with Crippen LogP contribution in [-0.2, 0) is 6.42 Å². The minimum Gasteiger partial charge on any atom is -0.207 e. The SMILES string of the molecule is Cc1cscc1C(Br)Cc1ccc(F)cc1F. The van der Waals surface area contributed by atoms with Gasteiger partial charge in [0.25, 0.3) is 0 Å². The molecule has 0 saturated heterocycles. The van der Waals surface area contributed by atoms with E-state index >= 15 is 0 Å². The van der Waals surface area contributed by atoms with Crippen molar-refractivity contribution in [3.8, 4) is 0 Å². The molecule has 17 heavy (non-hydrogen) atoms. The number of thiophene rings is 1. The number of halogens is 3. The van der Waals surface area contributed by atoms with Crippen LogP contribution in [0.3, 0.4) is 0 Å². The fourth-order valence-electron chi connectivity index (χ4n) is 1.68. The van der Waals surface area contributed by atoms with Crippen molar-refractivity contribution < 1.29 is 8.78 Å². The molecule has 0 spiro atoms. The summed E-state index contributed by atoms with van der Waals surface area (Å²) in [6.45, 7) is 2.03. The van der Waals surface area contributed by atoms with Crippen molar-refractivity contribution in [3.63, 3.8) is 0 Å². The molecule has 0 amide bonds. The van der Waals surface area contributed by atoms with Crippen molar-refractivity contribution in [2.75, 3.05) is 0 Å². The molecule has 0 saturated carbocycles. The topological polar surface area (TPSA) is 0 Å². The van der Waals surface area contributed by atoms with Crippen molar-refractivity contribution in [1.29, 1.82) is 0 Å². The summed E-state index contributed by atoms with van der Waals surface area (Å²) in [6.07, 6.45) is 0.518. The molecular formula is C13H11BrF2S. The Labute approximate surface area is 111 Å². The fourth-order valence-corrected chi connectivity index (χ4v) is 3.60. The normalized spacial score (nSPS) is 12.7. The van der Waals surface area contributed by atoms with Crippen LogP contribution in [0.1, 0.15) is 21.5 Å². The summed E-state index contributed by atoms with van der Waals surface area (Å²) in [5.41, 5.74) is 2.89. The first-order valence-electron chi connectivity index (χ1n) is 5.18. The monoisotopic (exact) mass is 316 g/mol. The molecule has 2 aromatic rings. The zero-order valence-corrected chi connectivity index (χ0v) is 11.6. The van der Waals surface area contributed by atoms with Crippen molar-refractivity contribution in [2.45, 2.75) is 18.2 Å². The summed E-state index contributed by atoms with van der Waals surface area (Å²) in [5.74, 6) is -1.02. The molecule has 0 nitrogen and oxygen atoms in total. The van der Waals surface area contributed by atoms with E-state index < -0.39 is 11.6 Å². The molecule has 1 heterocycles. The first kappa shape index (κ1) is 12.7. The Balaban J connectivity index is 2.19. The Morgan fingerprint density at radius 2 is 2.06 bits per heavy atom. The maximum atomic E-state index is 13.5. The lowest BCUT2D eigenvalue weighted by atomic mass is 10.0. The second-order valence-corrected chi connectivity index (χ2v) is 5.77. The third-order valence-electron chi connectivity index (χ3n) is 2.65. The number of aryl methyl sites for hydroxylation is 1. The highest BCUT2D eigenvalue weighted by molar-refractivity contribution is 9.09. The molecule has 0 fully saturated rings. The van der Waals surface area contributed by atoms with Crippen LogP contribution in [0, 0.1) is 18.6 Å². The minimum absolute atomic E-state index is 0.0636. The van der Waals surface area contributed by atoms with Gasteiger partial charge in [0, 0.05) is 10.9 Å². The number of benzene rings is 1. The number of hydrogen-bond donors (Lipinski definition) is 0. The van der Waals surface area contributed by atoms with Crippen LogP contribution in [0.15, 0.2) is 29.0 Å². The van der Waals surface area contributed by atoms with Gasteiger partial charge in [0.2, 0.25) is 0 Å². The molecule has 0 radical (unpaired) electrons. The molecule has 1 aromatic heterocycles. The van der Waals surface area contributed by atoms with Crippen LogP contribution in [0.5, 0.6) is 0 Å². The number of hydrogen-bond acceptors (Lipinski definition) is 1. The zero-order valence-electron chi connectivity index (χ0n) is 9.21.